The van der Waals surface area contributed by atoms with Crippen molar-refractivity contribution >= 4 is 18.3 Å². The Bertz CT molecular complexity index is 705. The number of hydrazone groups is 1. The number of nitrogens with one attached hydrogen (secondary N) is 1. The third-order valence-electron chi connectivity index (χ3n) is 2.64. The van der Waals surface area contributed by atoms with E-state index in [0.29, 0.717) is 17.1 Å². The van der Waals surface area contributed by atoms with Gasteiger partial charge in [-0.15, -0.1) is 0 Å². The Hall–Kier alpha value is -3.09. The standard InChI is InChI=1S/C15H14N2O5/c1-2-21-15(20)17-16-9-12-6-7-13(22-12)10-4-3-5-11(8-10)14(18)19/h3-9H,2H2,1H3,(H,17,20)(H,18,19)/b16-9+. The molecule has 114 valence electrons. The Morgan fingerprint density at radius 2 is 2.18 bits per heavy atom. The van der Waals surface area contributed by atoms with Crippen LogP contribution < -0.4 is 5.43 Å². The van der Waals surface area contributed by atoms with Gasteiger partial charge >= 0.3 is 12.1 Å². The highest BCUT2D eigenvalue weighted by Crippen LogP contribution is 2.22. The highest BCUT2D eigenvalue weighted by atomic mass is 16.5. The van der Waals surface area contributed by atoms with Gasteiger partial charge in [-0.3, -0.25) is 0 Å². The fraction of sp³-hybridized carbons (Fsp3) is 0.133. The molecule has 1 aromatic heterocycles. The first kappa shape index (κ1) is 15.3. The summed E-state index contributed by atoms with van der Waals surface area (Å²) in [7, 11) is 0. The average Bonchev–Trinajstić information content (AvgIpc) is 2.96. The van der Waals surface area contributed by atoms with E-state index in [0.717, 1.165) is 0 Å². The summed E-state index contributed by atoms with van der Waals surface area (Å²) >= 11 is 0. The van der Waals surface area contributed by atoms with Crippen molar-refractivity contribution in [3.05, 3.63) is 47.7 Å². The van der Waals surface area contributed by atoms with Crippen molar-refractivity contribution in [2.45, 2.75) is 6.92 Å². The van der Waals surface area contributed by atoms with E-state index in [1.165, 1.54) is 18.3 Å². The Balaban J connectivity index is 2.08. The Morgan fingerprint density at radius 1 is 1.36 bits per heavy atom. The average molecular weight is 302 g/mol. The summed E-state index contributed by atoms with van der Waals surface area (Å²) < 4.78 is 10.2. The summed E-state index contributed by atoms with van der Waals surface area (Å²) in [6.07, 6.45) is 0.668. The van der Waals surface area contributed by atoms with E-state index < -0.39 is 12.1 Å². The summed E-state index contributed by atoms with van der Waals surface area (Å²) in [4.78, 5) is 22.0. The monoisotopic (exact) mass is 302 g/mol. The molecule has 0 radical (unpaired) electrons. The molecule has 0 atom stereocenters. The van der Waals surface area contributed by atoms with Crippen LogP contribution in [0.5, 0.6) is 0 Å². The molecule has 1 aromatic carbocycles. The Labute approximate surface area is 126 Å². The fourth-order valence-corrected chi connectivity index (χ4v) is 1.69. The summed E-state index contributed by atoms with van der Waals surface area (Å²) in [6.45, 7) is 1.94. The molecule has 0 aliphatic rings. The van der Waals surface area contributed by atoms with Gasteiger partial charge in [-0.25, -0.2) is 15.0 Å². The molecule has 7 nitrogen and oxygen atoms in total. The predicted molar refractivity (Wildman–Crippen MR) is 78.9 cm³/mol. The number of rotatable bonds is 5. The molecule has 2 N–H and O–H groups in total. The zero-order valence-corrected chi connectivity index (χ0v) is 11.8. The lowest BCUT2D eigenvalue weighted by Gasteiger charge is -1.99. The lowest BCUT2D eigenvalue weighted by Crippen LogP contribution is -2.18. The maximum Gasteiger partial charge on any atom is 0.427 e. The number of carbonyl (C=O) groups is 2. The minimum absolute atomic E-state index is 0.174. The number of carboxylic acids is 1. The van der Waals surface area contributed by atoms with E-state index in [4.69, 9.17) is 9.52 Å². The number of nitrogens with zero attached hydrogens (tertiary/aromatic N) is 1. The summed E-state index contributed by atoms with van der Waals surface area (Å²) in [5.41, 5.74) is 2.99. The third-order valence-corrected chi connectivity index (χ3v) is 2.64. The molecule has 2 rings (SSSR count). The zero-order chi connectivity index (χ0) is 15.9. The van der Waals surface area contributed by atoms with Crippen molar-refractivity contribution in [2.75, 3.05) is 6.61 Å². The van der Waals surface area contributed by atoms with Crippen molar-refractivity contribution in [3.8, 4) is 11.3 Å². The highest BCUT2D eigenvalue weighted by Gasteiger charge is 2.08. The first-order valence-corrected chi connectivity index (χ1v) is 6.49. The molecule has 1 heterocycles. The molecule has 0 aliphatic carbocycles. The van der Waals surface area contributed by atoms with Gasteiger partial charge in [0.15, 0.2) is 0 Å². The number of aromatic carboxylic acids is 1. The molecule has 0 aliphatic heterocycles. The number of benzene rings is 1. The topological polar surface area (TPSA) is 101 Å². The normalized spacial score (nSPS) is 10.6. The molecule has 22 heavy (non-hydrogen) atoms. The lowest BCUT2D eigenvalue weighted by atomic mass is 10.1. The van der Waals surface area contributed by atoms with Gasteiger partial charge in [-0.2, -0.15) is 5.10 Å². The second-order valence-corrected chi connectivity index (χ2v) is 4.18. The van der Waals surface area contributed by atoms with Crippen molar-refractivity contribution < 1.29 is 23.8 Å². The first-order valence-electron chi connectivity index (χ1n) is 6.49. The van der Waals surface area contributed by atoms with Crippen molar-refractivity contribution in [3.63, 3.8) is 0 Å². The van der Waals surface area contributed by atoms with E-state index in [2.05, 4.69) is 15.3 Å². The summed E-state index contributed by atoms with van der Waals surface area (Å²) in [5, 5.41) is 12.6. The van der Waals surface area contributed by atoms with Crippen LogP contribution in [0.1, 0.15) is 23.0 Å². The summed E-state index contributed by atoms with van der Waals surface area (Å²) in [5.74, 6) is -0.0953. The number of furan rings is 1. The minimum Gasteiger partial charge on any atom is -0.478 e. The van der Waals surface area contributed by atoms with E-state index in [1.54, 1.807) is 31.2 Å². The number of carbonyl (C=O) groups excluding carboxylic acids is 1. The number of carboxylic acid groups (broad SMARTS) is 1. The van der Waals surface area contributed by atoms with Crippen LogP contribution in [-0.2, 0) is 4.74 Å². The number of hydrogen-bond acceptors (Lipinski definition) is 5. The Morgan fingerprint density at radius 3 is 2.91 bits per heavy atom. The SMILES string of the molecule is CCOC(=O)N/N=C/c1ccc(-c2cccc(C(=O)O)c2)o1. The third kappa shape index (κ3) is 3.95. The molecule has 0 unspecified atom stereocenters. The first-order chi connectivity index (χ1) is 10.6. The van der Waals surface area contributed by atoms with Crippen LogP contribution in [0.4, 0.5) is 4.79 Å². The molecular weight excluding hydrogens is 288 g/mol. The molecular formula is C15H14N2O5. The van der Waals surface area contributed by atoms with Gasteiger partial charge < -0.3 is 14.3 Å². The van der Waals surface area contributed by atoms with E-state index in [9.17, 15) is 9.59 Å². The molecule has 0 saturated carbocycles. The van der Waals surface area contributed by atoms with Crippen LogP contribution in [-0.4, -0.2) is 30.0 Å². The maximum absolute atomic E-state index is 11.0. The van der Waals surface area contributed by atoms with Gasteiger partial charge in [0.1, 0.15) is 11.5 Å². The van der Waals surface area contributed by atoms with Gasteiger partial charge in [0.05, 0.1) is 18.4 Å². The van der Waals surface area contributed by atoms with Gasteiger partial charge in [0.25, 0.3) is 0 Å². The van der Waals surface area contributed by atoms with Gasteiger partial charge in [0, 0.05) is 5.56 Å². The molecule has 2 aromatic rings. The van der Waals surface area contributed by atoms with Crippen molar-refractivity contribution in [1.82, 2.24) is 5.43 Å². The smallest absolute Gasteiger partial charge is 0.427 e. The van der Waals surface area contributed by atoms with E-state index >= 15 is 0 Å². The summed E-state index contributed by atoms with van der Waals surface area (Å²) in [6, 6.07) is 9.73. The van der Waals surface area contributed by atoms with Crippen molar-refractivity contribution in [2.24, 2.45) is 5.10 Å². The second-order valence-electron chi connectivity index (χ2n) is 4.18. The van der Waals surface area contributed by atoms with Gasteiger partial charge in [-0.1, -0.05) is 12.1 Å². The van der Waals surface area contributed by atoms with Gasteiger partial charge in [-0.05, 0) is 31.2 Å². The van der Waals surface area contributed by atoms with Crippen LogP contribution >= 0.6 is 0 Å². The predicted octanol–water partition coefficient (Wildman–Crippen LogP) is 2.72. The van der Waals surface area contributed by atoms with Crippen LogP contribution in [0, 0.1) is 0 Å². The molecule has 0 bridgehead atoms. The van der Waals surface area contributed by atoms with E-state index in [1.807, 2.05) is 0 Å². The number of amides is 1. The van der Waals surface area contributed by atoms with E-state index in [-0.39, 0.29) is 12.2 Å². The largest absolute Gasteiger partial charge is 0.478 e. The van der Waals surface area contributed by atoms with Crippen LogP contribution in [0.15, 0.2) is 45.9 Å². The molecule has 7 heteroatoms. The maximum atomic E-state index is 11.0. The molecule has 0 saturated heterocycles. The van der Waals surface area contributed by atoms with Crippen LogP contribution in [0.2, 0.25) is 0 Å². The highest BCUT2D eigenvalue weighted by molar-refractivity contribution is 5.89. The lowest BCUT2D eigenvalue weighted by molar-refractivity contribution is 0.0697. The molecule has 1 amide bonds. The molecule has 0 fully saturated rings. The molecule has 0 spiro atoms. The quantitative estimate of drug-likeness (QED) is 0.653. The van der Waals surface area contributed by atoms with Gasteiger partial charge in [0.2, 0.25) is 0 Å². The number of hydrogen-bond donors (Lipinski definition) is 2. The van der Waals surface area contributed by atoms with Crippen LogP contribution in [0.3, 0.4) is 0 Å². The minimum atomic E-state index is -1.01. The second kappa shape index (κ2) is 7.07. The Kier molecular flexibility index (Phi) is 4.92. The number of ether oxygens (including phenoxy) is 1. The van der Waals surface area contributed by atoms with Crippen molar-refractivity contribution in [1.29, 1.82) is 0 Å². The van der Waals surface area contributed by atoms with Crippen LogP contribution in [0.25, 0.3) is 11.3 Å². The zero-order valence-electron chi connectivity index (χ0n) is 11.8. The fourth-order valence-electron chi connectivity index (χ4n) is 1.69.